The Morgan fingerprint density at radius 1 is 1.18 bits per heavy atom. The molecule has 0 unspecified atom stereocenters. The molecule has 0 saturated heterocycles. The number of likely N-dealkylation sites (N-methyl/N-ethyl adjacent to an activating group) is 1. The van der Waals surface area contributed by atoms with Gasteiger partial charge >= 0.3 is 5.97 Å². The standard InChI is InChI=1S/C17H24N2O3/c1-12-3-9-15(10-4-12)19(2)16(20)11-22-17(21)13-5-7-14(18)8-6-13/h5-8,12,15H,3-4,9-11,18H2,1-2H3. The van der Waals surface area contributed by atoms with Crippen molar-refractivity contribution in [1.82, 2.24) is 4.90 Å². The molecule has 1 amide bonds. The summed E-state index contributed by atoms with van der Waals surface area (Å²) >= 11 is 0. The van der Waals surface area contributed by atoms with Crippen LogP contribution < -0.4 is 5.73 Å². The summed E-state index contributed by atoms with van der Waals surface area (Å²) in [5, 5.41) is 0. The van der Waals surface area contributed by atoms with Gasteiger partial charge in [-0.15, -0.1) is 0 Å². The molecule has 1 aliphatic rings. The van der Waals surface area contributed by atoms with Crippen molar-refractivity contribution < 1.29 is 14.3 Å². The highest BCUT2D eigenvalue weighted by atomic mass is 16.5. The molecule has 5 nitrogen and oxygen atoms in total. The quantitative estimate of drug-likeness (QED) is 0.685. The van der Waals surface area contributed by atoms with Crippen LogP contribution in [0.25, 0.3) is 0 Å². The highest BCUT2D eigenvalue weighted by Gasteiger charge is 2.25. The van der Waals surface area contributed by atoms with E-state index in [0.717, 1.165) is 31.6 Å². The summed E-state index contributed by atoms with van der Waals surface area (Å²) in [5.41, 5.74) is 6.55. The number of nitrogens with zero attached hydrogens (tertiary/aromatic N) is 1. The van der Waals surface area contributed by atoms with Crippen LogP contribution in [-0.4, -0.2) is 36.5 Å². The molecule has 2 N–H and O–H groups in total. The third-order valence-corrected chi connectivity index (χ3v) is 4.40. The summed E-state index contributed by atoms with van der Waals surface area (Å²) in [5.74, 6) is 0.0884. The molecule has 5 heteroatoms. The van der Waals surface area contributed by atoms with Crippen molar-refractivity contribution in [1.29, 1.82) is 0 Å². The average Bonchev–Trinajstić information content (AvgIpc) is 2.53. The highest BCUT2D eigenvalue weighted by Crippen LogP contribution is 2.26. The van der Waals surface area contributed by atoms with Crippen LogP contribution >= 0.6 is 0 Å². The van der Waals surface area contributed by atoms with E-state index in [1.54, 1.807) is 36.2 Å². The van der Waals surface area contributed by atoms with Crippen molar-refractivity contribution in [3.63, 3.8) is 0 Å². The summed E-state index contributed by atoms with van der Waals surface area (Å²) < 4.78 is 5.09. The lowest BCUT2D eigenvalue weighted by molar-refractivity contribution is -0.136. The number of hydrogen-bond acceptors (Lipinski definition) is 4. The summed E-state index contributed by atoms with van der Waals surface area (Å²) in [7, 11) is 1.79. The molecule has 1 saturated carbocycles. The Morgan fingerprint density at radius 3 is 2.36 bits per heavy atom. The number of esters is 1. The summed E-state index contributed by atoms with van der Waals surface area (Å²) in [6.07, 6.45) is 4.34. The van der Waals surface area contributed by atoms with E-state index in [4.69, 9.17) is 10.5 Å². The molecule has 22 heavy (non-hydrogen) atoms. The summed E-state index contributed by atoms with van der Waals surface area (Å²) in [6, 6.07) is 6.71. The number of nitrogen functional groups attached to an aromatic ring is 1. The molecular formula is C17H24N2O3. The van der Waals surface area contributed by atoms with Gasteiger partial charge in [-0.2, -0.15) is 0 Å². The molecule has 1 fully saturated rings. The van der Waals surface area contributed by atoms with Crippen LogP contribution in [0, 0.1) is 5.92 Å². The molecule has 1 aliphatic carbocycles. The minimum atomic E-state index is -0.501. The molecular weight excluding hydrogens is 280 g/mol. The maximum Gasteiger partial charge on any atom is 0.338 e. The van der Waals surface area contributed by atoms with Crippen LogP contribution in [0.3, 0.4) is 0 Å². The van der Waals surface area contributed by atoms with Gasteiger partial charge in [0.1, 0.15) is 0 Å². The Hall–Kier alpha value is -2.04. The van der Waals surface area contributed by atoms with Crippen LogP contribution in [0.15, 0.2) is 24.3 Å². The van der Waals surface area contributed by atoms with Crippen LogP contribution in [-0.2, 0) is 9.53 Å². The maximum atomic E-state index is 12.1. The Morgan fingerprint density at radius 2 is 1.77 bits per heavy atom. The Bertz CT molecular complexity index is 519. The van der Waals surface area contributed by atoms with Gasteiger partial charge in [-0.05, 0) is 55.9 Å². The zero-order chi connectivity index (χ0) is 16.1. The third kappa shape index (κ3) is 4.23. The number of carbonyl (C=O) groups is 2. The molecule has 2 rings (SSSR count). The van der Waals surface area contributed by atoms with Crippen molar-refractivity contribution in [2.45, 2.75) is 38.6 Å². The van der Waals surface area contributed by atoms with E-state index in [9.17, 15) is 9.59 Å². The molecule has 0 aliphatic heterocycles. The van der Waals surface area contributed by atoms with Crippen LogP contribution in [0.4, 0.5) is 5.69 Å². The molecule has 1 aromatic rings. The zero-order valence-corrected chi connectivity index (χ0v) is 13.2. The lowest BCUT2D eigenvalue weighted by atomic mass is 9.87. The Balaban J connectivity index is 1.81. The first-order valence-electron chi connectivity index (χ1n) is 7.75. The maximum absolute atomic E-state index is 12.1. The van der Waals surface area contributed by atoms with Gasteiger partial charge in [-0.3, -0.25) is 4.79 Å². The number of anilines is 1. The first-order chi connectivity index (χ1) is 10.5. The lowest BCUT2D eigenvalue weighted by Crippen LogP contribution is -2.41. The van der Waals surface area contributed by atoms with Gasteiger partial charge in [0.25, 0.3) is 5.91 Å². The normalized spacial score (nSPS) is 21.2. The van der Waals surface area contributed by atoms with Crippen molar-refractivity contribution >= 4 is 17.6 Å². The van der Waals surface area contributed by atoms with E-state index in [2.05, 4.69) is 6.92 Å². The van der Waals surface area contributed by atoms with E-state index in [1.165, 1.54) is 0 Å². The van der Waals surface area contributed by atoms with Crippen LogP contribution in [0.5, 0.6) is 0 Å². The largest absolute Gasteiger partial charge is 0.452 e. The molecule has 1 aromatic carbocycles. The highest BCUT2D eigenvalue weighted by molar-refractivity contribution is 5.91. The number of rotatable bonds is 4. The van der Waals surface area contributed by atoms with Gasteiger partial charge < -0.3 is 15.4 Å². The van der Waals surface area contributed by atoms with Crippen molar-refractivity contribution in [3.05, 3.63) is 29.8 Å². The monoisotopic (exact) mass is 304 g/mol. The van der Waals surface area contributed by atoms with E-state index >= 15 is 0 Å². The van der Waals surface area contributed by atoms with Crippen molar-refractivity contribution in [3.8, 4) is 0 Å². The van der Waals surface area contributed by atoms with Crippen LogP contribution in [0.2, 0.25) is 0 Å². The summed E-state index contributed by atoms with van der Waals surface area (Å²) in [6.45, 7) is 2.03. The van der Waals surface area contributed by atoms with E-state index in [0.29, 0.717) is 11.3 Å². The SMILES string of the molecule is CC1CCC(N(C)C(=O)COC(=O)c2ccc(N)cc2)CC1. The van der Waals surface area contributed by atoms with Gasteiger partial charge in [0, 0.05) is 18.8 Å². The Kier molecular flexibility index (Phi) is 5.41. The fourth-order valence-electron chi connectivity index (χ4n) is 2.77. The first-order valence-corrected chi connectivity index (χ1v) is 7.75. The second-order valence-corrected chi connectivity index (χ2v) is 6.12. The fraction of sp³-hybridized carbons (Fsp3) is 0.529. The molecule has 0 heterocycles. The number of nitrogens with two attached hydrogens (primary N) is 1. The predicted molar refractivity (Wildman–Crippen MR) is 85.3 cm³/mol. The molecule has 120 valence electrons. The van der Waals surface area contributed by atoms with Gasteiger partial charge in [0.05, 0.1) is 5.56 Å². The van der Waals surface area contributed by atoms with Gasteiger partial charge in [-0.25, -0.2) is 4.79 Å². The molecule has 0 radical (unpaired) electrons. The second-order valence-electron chi connectivity index (χ2n) is 6.12. The molecule has 0 aromatic heterocycles. The number of carbonyl (C=O) groups excluding carboxylic acids is 2. The topological polar surface area (TPSA) is 72.6 Å². The molecule has 0 atom stereocenters. The third-order valence-electron chi connectivity index (χ3n) is 4.40. The molecule has 0 bridgehead atoms. The first kappa shape index (κ1) is 16.3. The van der Waals surface area contributed by atoms with Gasteiger partial charge in [0.2, 0.25) is 0 Å². The van der Waals surface area contributed by atoms with E-state index < -0.39 is 5.97 Å². The number of ether oxygens (including phenoxy) is 1. The number of amides is 1. The smallest absolute Gasteiger partial charge is 0.338 e. The minimum absolute atomic E-state index is 0.150. The number of hydrogen-bond donors (Lipinski definition) is 1. The fourth-order valence-corrected chi connectivity index (χ4v) is 2.77. The minimum Gasteiger partial charge on any atom is -0.452 e. The molecule has 0 spiro atoms. The van der Waals surface area contributed by atoms with Crippen molar-refractivity contribution in [2.75, 3.05) is 19.4 Å². The van der Waals surface area contributed by atoms with E-state index in [-0.39, 0.29) is 18.6 Å². The lowest BCUT2D eigenvalue weighted by Gasteiger charge is -2.33. The Labute approximate surface area is 131 Å². The summed E-state index contributed by atoms with van der Waals surface area (Å²) in [4.78, 5) is 25.7. The van der Waals surface area contributed by atoms with Gasteiger partial charge in [-0.1, -0.05) is 6.92 Å². The zero-order valence-electron chi connectivity index (χ0n) is 13.2. The van der Waals surface area contributed by atoms with E-state index in [1.807, 2.05) is 0 Å². The number of benzene rings is 1. The second kappa shape index (κ2) is 7.29. The van der Waals surface area contributed by atoms with Crippen molar-refractivity contribution in [2.24, 2.45) is 5.92 Å². The average molecular weight is 304 g/mol. The van der Waals surface area contributed by atoms with Crippen LogP contribution in [0.1, 0.15) is 43.0 Å². The predicted octanol–water partition coefficient (Wildman–Crippen LogP) is 2.46. The van der Waals surface area contributed by atoms with Gasteiger partial charge in [0.15, 0.2) is 6.61 Å².